The Labute approximate surface area is 123 Å². The molecule has 1 aromatic carbocycles. The first-order valence-corrected chi connectivity index (χ1v) is 7.27. The van der Waals surface area contributed by atoms with Gasteiger partial charge in [-0.2, -0.15) is 0 Å². The minimum atomic E-state index is -0.152. The Kier molecular flexibility index (Phi) is 5.75. The second-order valence-corrected chi connectivity index (χ2v) is 6.60. The van der Waals surface area contributed by atoms with Crippen molar-refractivity contribution >= 4 is 5.91 Å². The lowest BCUT2D eigenvalue weighted by Gasteiger charge is -2.20. The SMILES string of the molecule is Cc1cc(C)c(CNCCC(=O)NC(C)(C)C)c(C)c1. The highest BCUT2D eigenvalue weighted by molar-refractivity contribution is 5.76. The van der Waals surface area contributed by atoms with Gasteiger partial charge >= 0.3 is 0 Å². The van der Waals surface area contributed by atoms with Crippen molar-refractivity contribution in [3.63, 3.8) is 0 Å². The maximum atomic E-state index is 11.7. The predicted octanol–water partition coefficient (Wildman–Crippen LogP) is 3.01. The lowest BCUT2D eigenvalue weighted by molar-refractivity contribution is -0.122. The molecule has 0 aliphatic rings. The van der Waals surface area contributed by atoms with Crippen LogP contribution in [0.5, 0.6) is 0 Å². The molecule has 1 rings (SSSR count). The molecule has 1 amide bonds. The molecule has 0 atom stereocenters. The lowest BCUT2D eigenvalue weighted by Crippen LogP contribution is -2.41. The number of benzene rings is 1. The van der Waals surface area contributed by atoms with Crippen LogP contribution in [0.4, 0.5) is 0 Å². The highest BCUT2D eigenvalue weighted by Crippen LogP contribution is 2.15. The van der Waals surface area contributed by atoms with Crippen molar-refractivity contribution in [2.24, 2.45) is 0 Å². The fraction of sp³-hybridized carbons (Fsp3) is 0.588. The summed E-state index contributed by atoms with van der Waals surface area (Å²) in [5, 5.41) is 6.33. The van der Waals surface area contributed by atoms with Gasteiger partial charge in [0, 0.05) is 25.0 Å². The number of aryl methyl sites for hydroxylation is 3. The van der Waals surface area contributed by atoms with E-state index >= 15 is 0 Å². The third-order valence-corrected chi connectivity index (χ3v) is 3.19. The van der Waals surface area contributed by atoms with Crippen LogP contribution in [0, 0.1) is 20.8 Å². The zero-order valence-corrected chi connectivity index (χ0v) is 13.7. The molecular formula is C17H28N2O. The van der Waals surface area contributed by atoms with Gasteiger partial charge in [-0.3, -0.25) is 4.79 Å². The van der Waals surface area contributed by atoms with E-state index < -0.39 is 0 Å². The fourth-order valence-corrected chi connectivity index (χ4v) is 2.38. The molecule has 112 valence electrons. The van der Waals surface area contributed by atoms with E-state index in [1.54, 1.807) is 0 Å². The largest absolute Gasteiger partial charge is 0.351 e. The average molecular weight is 276 g/mol. The first-order valence-electron chi connectivity index (χ1n) is 7.27. The Hall–Kier alpha value is -1.35. The van der Waals surface area contributed by atoms with E-state index in [2.05, 4.69) is 43.5 Å². The summed E-state index contributed by atoms with van der Waals surface area (Å²) in [6, 6.07) is 4.41. The van der Waals surface area contributed by atoms with Gasteiger partial charge in [0.15, 0.2) is 0 Å². The Morgan fingerprint density at radius 1 is 1.10 bits per heavy atom. The summed E-state index contributed by atoms with van der Waals surface area (Å²) in [6.07, 6.45) is 0.515. The van der Waals surface area contributed by atoms with Gasteiger partial charge in [0.1, 0.15) is 0 Å². The average Bonchev–Trinajstić information content (AvgIpc) is 2.23. The fourth-order valence-electron chi connectivity index (χ4n) is 2.38. The standard InChI is InChI=1S/C17H28N2O/c1-12-9-13(2)15(14(3)10-12)11-18-8-7-16(20)19-17(4,5)6/h9-10,18H,7-8,11H2,1-6H3,(H,19,20). The molecule has 2 N–H and O–H groups in total. The molecule has 0 saturated carbocycles. The van der Waals surface area contributed by atoms with Gasteiger partial charge in [0.2, 0.25) is 5.91 Å². The first kappa shape index (κ1) is 16.7. The van der Waals surface area contributed by atoms with Crippen molar-refractivity contribution in [3.05, 3.63) is 34.4 Å². The van der Waals surface area contributed by atoms with E-state index in [9.17, 15) is 4.79 Å². The number of rotatable bonds is 5. The van der Waals surface area contributed by atoms with E-state index in [1.807, 2.05) is 20.8 Å². The first-order chi connectivity index (χ1) is 9.19. The van der Waals surface area contributed by atoms with Crippen LogP contribution in [0.1, 0.15) is 49.4 Å². The molecule has 0 saturated heterocycles. The van der Waals surface area contributed by atoms with Crippen LogP contribution in [0.2, 0.25) is 0 Å². The highest BCUT2D eigenvalue weighted by atomic mass is 16.1. The van der Waals surface area contributed by atoms with Gasteiger partial charge < -0.3 is 10.6 Å². The van der Waals surface area contributed by atoms with E-state index in [1.165, 1.54) is 22.3 Å². The van der Waals surface area contributed by atoms with Crippen LogP contribution >= 0.6 is 0 Å². The summed E-state index contributed by atoms with van der Waals surface area (Å²) in [5.74, 6) is 0.0994. The number of hydrogen-bond acceptors (Lipinski definition) is 2. The van der Waals surface area contributed by atoms with E-state index in [0.29, 0.717) is 13.0 Å². The van der Waals surface area contributed by atoms with Gasteiger partial charge in [0.05, 0.1) is 0 Å². The molecule has 0 spiro atoms. The van der Waals surface area contributed by atoms with Crippen LogP contribution < -0.4 is 10.6 Å². The lowest BCUT2D eigenvalue weighted by atomic mass is 10.00. The van der Waals surface area contributed by atoms with Crippen molar-refractivity contribution < 1.29 is 4.79 Å². The predicted molar refractivity (Wildman–Crippen MR) is 84.9 cm³/mol. The molecule has 1 aromatic rings. The smallest absolute Gasteiger partial charge is 0.221 e. The molecule has 0 aliphatic heterocycles. The highest BCUT2D eigenvalue weighted by Gasteiger charge is 2.13. The Morgan fingerprint density at radius 2 is 1.65 bits per heavy atom. The Bertz CT molecular complexity index is 449. The minimum absolute atomic E-state index is 0.0994. The summed E-state index contributed by atoms with van der Waals surface area (Å²) in [7, 11) is 0. The molecule has 0 heterocycles. The van der Waals surface area contributed by atoms with E-state index in [4.69, 9.17) is 0 Å². The van der Waals surface area contributed by atoms with Gasteiger partial charge in [-0.05, 0) is 58.2 Å². The quantitative estimate of drug-likeness (QED) is 0.812. The van der Waals surface area contributed by atoms with E-state index in [-0.39, 0.29) is 11.4 Å². The summed E-state index contributed by atoms with van der Waals surface area (Å²) in [5.41, 5.74) is 5.12. The number of hydrogen-bond donors (Lipinski definition) is 2. The van der Waals surface area contributed by atoms with E-state index in [0.717, 1.165) is 6.54 Å². The normalized spacial score (nSPS) is 11.5. The number of carbonyl (C=O) groups is 1. The molecule has 20 heavy (non-hydrogen) atoms. The monoisotopic (exact) mass is 276 g/mol. The van der Waals surface area contributed by atoms with Gasteiger partial charge in [0.25, 0.3) is 0 Å². The van der Waals surface area contributed by atoms with Crippen LogP contribution in [0.3, 0.4) is 0 Å². The van der Waals surface area contributed by atoms with Crippen LogP contribution in [0.15, 0.2) is 12.1 Å². The number of nitrogens with one attached hydrogen (secondary N) is 2. The zero-order valence-electron chi connectivity index (χ0n) is 13.7. The van der Waals surface area contributed by atoms with Crippen molar-refractivity contribution in [2.75, 3.05) is 6.54 Å². The van der Waals surface area contributed by atoms with Crippen molar-refractivity contribution in [1.82, 2.24) is 10.6 Å². The van der Waals surface area contributed by atoms with Gasteiger partial charge in [-0.15, -0.1) is 0 Å². The second kappa shape index (κ2) is 6.89. The third kappa shape index (κ3) is 5.74. The molecular weight excluding hydrogens is 248 g/mol. The molecule has 0 unspecified atom stereocenters. The Morgan fingerprint density at radius 3 is 2.15 bits per heavy atom. The summed E-state index contributed by atoms with van der Waals surface area (Å²) in [4.78, 5) is 11.7. The van der Waals surface area contributed by atoms with Crippen LogP contribution in [-0.2, 0) is 11.3 Å². The van der Waals surface area contributed by atoms with Gasteiger partial charge in [-0.1, -0.05) is 17.7 Å². The number of amides is 1. The summed E-state index contributed by atoms with van der Waals surface area (Å²) in [6.45, 7) is 13.9. The van der Waals surface area contributed by atoms with Crippen LogP contribution in [-0.4, -0.2) is 18.0 Å². The van der Waals surface area contributed by atoms with Crippen molar-refractivity contribution in [3.8, 4) is 0 Å². The molecule has 3 nitrogen and oxygen atoms in total. The maximum Gasteiger partial charge on any atom is 0.221 e. The summed E-state index contributed by atoms with van der Waals surface area (Å²) < 4.78 is 0. The van der Waals surface area contributed by atoms with Crippen LogP contribution in [0.25, 0.3) is 0 Å². The molecule has 0 aromatic heterocycles. The molecule has 0 fully saturated rings. The number of carbonyl (C=O) groups excluding carboxylic acids is 1. The summed E-state index contributed by atoms with van der Waals surface area (Å²) >= 11 is 0. The topological polar surface area (TPSA) is 41.1 Å². The maximum absolute atomic E-state index is 11.7. The van der Waals surface area contributed by atoms with Crippen molar-refractivity contribution in [1.29, 1.82) is 0 Å². The Balaban J connectivity index is 2.41. The minimum Gasteiger partial charge on any atom is -0.351 e. The van der Waals surface area contributed by atoms with Crippen molar-refractivity contribution in [2.45, 2.75) is 60.0 Å². The molecule has 3 heteroatoms. The molecule has 0 bridgehead atoms. The zero-order chi connectivity index (χ0) is 15.3. The third-order valence-electron chi connectivity index (χ3n) is 3.19. The van der Waals surface area contributed by atoms with Gasteiger partial charge in [-0.25, -0.2) is 0 Å². The molecule has 0 aliphatic carbocycles. The molecule has 0 radical (unpaired) electrons. The second-order valence-electron chi connectivity index (χ2n) is 6.60.